The highest BCUT2D eigenvalue weighted by molar-refractivity contribution is 7.91. The molecule has 10 heteroatoms. The van der Waals surface area contributed by atoms with Gasteiger partial charge in [-0.15, -0.1) is 11.3 Å². The van der Waals surface area contributed by atoms with Gasteiger partial charge in [0.15, 0.2) is 0 Å². The average molecular weight is 395 g/mol. The van der Waals surface area contributed by atoms with Crippen LogP contribution < -0.4 is 9.44 Å². The lowest BCUT2D eigenvalue weighted by molar-refractivity contribution is 0.583. The van der Waals surface area contributed by atoms with Crippen LogP contribution in [0.2, 0.25) is 4.34 Å². The van der Waals surface area contributed by atoms with Gasteiger partial charge in [0.05, 0.1) is 10.1 Å². The van der Waals surface area contributed by atoms with Crippen LogP contribution in [0.3, 0.4) is 0 Å². The lowest BCUT2D eigenvalue weighted by Crippen LogP contribution is -2.22. The summed E-state index contributed by atoms with van der Waals surface area (Å²) in [5, 5.41) is 0. The van der Waals surface area contributed by atoms with Crippen molar-refractivity contribution in [3.8, 4) is 0 Å². The summed E-state index contributed by atoms with van der Waals surface area (Å²) in [5.41, 5.74) is 1.35. The Morgan fingerprint density at radius 2 is 1.61 bits per heavy atom. The smallest absolute Gasteiger partial charge is 0.218 e. The Kier molecular flexibility index (Phi) is 5.82. The van der Waals surface area contributed by atoms with E-state index >= 15 is 0 Å². The van der Waals surface area contributed by atoms with Gasteiger partial charge in [-0.05, 0) is 30.3 Å². The van der Waals surface area contributed by atoms with Crippen molar-refractivity contribution in [2.24, 2.45) is 0 Å². The van der Waals surface area contributed by atoms with Crippen LogP contribution in [0.4, 0.5) is 0 Å². The first kappa shape index (κ1) is 18.4. The second-order valence-corrected chi connectivity index (χ2v) is 10.3. The first-order valence-corrected chi connectivity index (χ1v) is 10.8. The van der Waals surface area contributed by atoms with Gasteiger partial charge in [0.25, 0.3) is 0 Å². The zero-order chi connectivity index (χ0) is 17.1. The van der Waals surface area contributed by atoms with Gasteiger partial charge < -0.3 is 0 Å². The molecule has 0 bridgehead atoms. The zero-order valence-electron chi connectivity index (χ0n) is 12.1. The van der Waals surface area contributed by atoms with E-state index in [0.717, 1.165) is 16.9 Å². The number of hydrogen-bond donors (Lipinski definition) is 2. The van der Waals surface area contributed by atoms with Crippen LogP contribution in [0.5, 0.6) is 0 Å². The third kappa shape index (κ3) is 5.27. The summed E-state index contributed by atoms with van der Waals surface area (Å²) in [6, 6.07) is 9.65. The number of benzene rings is 1. The third-order valence-corrected chi connectivity index (χ3v) is 7.43. The average Bonchev–Trinajstić information content (AvgIpc) is 2.94. The van der Waals surface area contributed by atoms with Crippen LogP contribution in [0, 0.1) is 0 Å². The van der Waals surface area contributed by atoms with Crippen LogP contribution in [0.15, 0.2) is 40.6 Å². The number of halogens is 1. The van der Waals surface area contributed by atoms with Gasteiger partial charge in [-0.25, -0.2) is 26.3 Å². The Morgan fingerprint density at radius 3 is 2.13 bits per heavy atom. The monoisotopic (exact) mass is 394 g/mol. The minimum absolute atomic E-state index is 0.108. The van der Waals surface area contributed by atoms with Crippen LogP contribution >= 0.6 is 22.9 Å². The third-order valence-electron chi connectivity index (χ3n) is 2.97. The van der Waals surface area contributed by atoms with Crippen molar-refractivity contribution in [2.45, 2.75) is 16.5 Å². The van der Waals surface area contributed by atoms with Crippen molar-refractivity contribution >= 4 is 43.0 Å². The summed E-state index contributed by atoms with van der Waals surface area (Å²) in [6.07, 6.45) is 0. The molecule has 0 radical (unpaired) electrons. The number of nitrogens with one attached hydrogen (secondary N) is 2. The van der Waals surface area contributed by atoms with Gasteiger partial charge in [-0.2, -0.15) is 0 Å². The molecule has 0 atom stereocenters. The molecule has 0 saturated carbocycles. The molecule has 6 nitrogen and oxygen atoms in total. The maximum absolute atomic E-state index is 12.1. The standard InChI is InChI=1S/C13H15ClN2O4S3/c1-15-22(17,18)9-11-4-2-10(3-5-11)8-16-23(19,20)13-7-6-12(14)21-13/h2-7,15-16H,8-9H2,1H3. The molecule has 0 spiro atoms. The largest absolute Gasteiger partial charge is 0.250 e. The number of sulfonamides is 2. The maximum atomic E-state index is 12.1. The molecule has 1 aromatic carbocycles. The van der Waals surface area contributed by atoms with Gasteiger partial charge in [0.1, 0.15) is 4.21 Å². The molecule has 0 aliphatic carbocycles. The van der Waals surface area contributed by atoms with E-state index in [2.05, 4.69) is 9.44 Å². The lowest BCUT2D eigenvalue weighted by atomic mass is 10.1. The van der Waals surface area contributed by atoms with Crippen LogP contribution in [0.25, 0.3) is 0 Å². The molecule has 0 amide bonds. The number of thiophene rings is 1. The summed E-state index contributed by atoms with van der Waals surface area (Å²) < 4.78 is 52.3. The van der Waals surface area contributed by atoms with Gasteiger partial charge in [-0.1, -0.05) is 35.9 Å². The van der Waals surface area contributed by atoms with Crippen molar-refractivity contribution in [3.05, 3.63) is 51.9 Å². The van der Waals surface area contributed by atoms with E-state index in [1.54, 1.807) is 24.3 Å². The predicted molar refractivity (Wildman–Crippen MR) is 91.5 cm³/mol. The quantitative estimate of drug-likeness (QED) is 0.750. The van der Waals surface area contributed by atoms with Crippen LogP contribution in [0.1, 0.15) is 11.1 Å². The highest BCUT2D eigenvalue weighted by Crippen LogP contribution is 2.25. The fraction of sp³-hybridized carbons (Fsp3) is 0.231. The fourth-order valence-corrected chi connectivity index (χ4v) is 5.06. The van der Waals surface area contributed by atoms with E-state index in [-0.39, 0.29) is 16.5 Å². The van der Waals surface area contributed by atoms with E-state index < -0.39 is 20.0 Å². The Hall–Kier alpha value is -0.970. The van der Waals surface area contributed by atoms with Crippen LogP contribution in [-0.4, -0.2) is 23.9 Å². The molecule has 0 aliphatic heterocycles. The highest BCUT2D eigenvalue weighted by atomic mass is 35.5. The minimum atomic E-state index is -3.60. The molecule has 126 valence electrons. The predicted octanol–water partition coefficient (Wildman–Crippen LogP) is 1.93. The van der Waals surface area contributed by atoms with E-state index in [4.69, 9.17) is 11.6 Å². The molecule has 2 aromatic rings. The Labute approximate surface area is 144 Å². The fourth-order valence-electron chi connectivity index (χ4n) is 1.74. The zero-order valence-corrected chi connectivity index (χ0v) is 15.3. The van der Waals surface area contributed by atoms with Crippen molar-refractivity contribution < 1.29 is 16.8 Å². The van der Waals surface area contributed by atoms with E-state index in [9.17, 15) is 16.8 Å². The minimum Gasteiger partial charge on any atom is -0.218 e. The summed E-state index contributed by atoms with van der Waals surface area (Å²) in [6.45, 7) is 0.108. The molecule has 1 aromatic heterocycles. The Morgan fingerprint density at radius 1 is 1.00 bits per heavy atom. The molecule has 23 heavy (non-hydrogen) atoms. The topological polar surface area (TPSA) is 92.3 Å². The second-order valence-electron chi connectivity index (χ2n) is 4.66. The highest BCUT2D eigenvalue weighted by Gasteiger charge is 2.16. The van der Waals surface area contributed by atoms with Gasteiger partial charge >= 0.3 is 0 Å². The van der Waals surface area contributed by atoms with Crippen molar-refractivity contribution in [1.29, 1.82) is 0 Å². The summed E-state index contributed by atoms with van der Waals surface area (Å²) >= 11 is 6.72. The molecule has 2 rings (SSSR count). The Balaban J connectivity index is 2.02. The normalized spacial score (nSPS) is 12.4. The number of hydrogen-bond acceptors (Lipinski definition) is 5. The molecular weight excluding hydrogens is 380 g/mol. The molecule has 2 N–H and O–H groups in total. The summed E-state index contributed by atoms with van der Waals surface area (Å²) in [7, 11) is -5.57. The maximum Gasteiger partial charge on any atom is 0.250 e. The molecular formula is C13H15ClN2O4S3. The van der Waals surface area contributed by atoms with Crippen molar-refractivity contribution in [2.75, 3.05) is 7.05 Å². The first-order valence-electron chi connectivity index (χ1n) is 6.46. The molecule has 0 aliphatic rings. The SMILES string of the molecule is CNS(=O)(=O)Cc1ccc(CNS(=O)(=O)c2ccc(Cl)s2)cc1. The van der Waals surface area contributed by atoms with Gasteiger partial charge in [0, 0.05) is 6.54 Å². The van der Waals surface area contributed by atoms with E-state index in [0.29, 0.717) is 9.90 Å². The second kappa shape index (κ2) is 7.29. The summed E-state index contributed by atoms with van der Waals surface area (Å²) in [4.78, 5) is 0. The van der Waals surface area contributed by atoms with E-state index in [1.807, 2.05) is 0 Å². The lowest BCUT2D eigenvalue weighted by Gasteiger charge is -2.07. The Bertz CT molecular complexity index is 874. The number of rotatable bonds is 7. The first-order chi connectivity index (χ1) is 10.7. The molecule has 0 unspecified atom stereocenters. The van der Waals surface area contributed by atoms with Crippen LogP contribution in [-0.2, 0) is 32.3 Å². The molecule has 1 heterocycles. The van der Waals surface area contributed by atoms with Crippen molar-refractivity contribution in [1.82, 2.24) is 9.44 Å². The molecule has 0 fully saturated rings. The summed E-state index contributed by atoms with van der Waals surface area (Å²) in [5.74, 6) is -0.122. The van der Waals surface area contributed by atoms with Gasteiger partial charge in [0.2, 0.25) is 20.0 Å². The van der Waals surface area contributed by atoms with Gasteiger partial charge in [-0.3, -0.25) is 0 Å². The van der Waals surface area contributed by atoms with Crippen molar-refractivity contribution in [3.63, 3.8) is 0 Å². The molecule has 0 saturated heterocycles. The van der Waals surface area contributed by atoms with E-state index in [1.165, 1.54) is 19.2 Å².